The van der Waals surface area contributed by atoms with Crippen LogP contribution in [0.1, 0.15) is 33.1 Å². The lowest BCUT2D eigenvalue weighted by atomic mass is 9.85. The summed E-state index contributed by atoms with van der Waals surface area (Å²) in [4.78, 5) is 0. The van der Waals surface area contributed by atoms with E-state index < -0.39 is 0 Å². The summed E-state index contributed by atoms with van der Waals surface area (Å²) >= 11 is 0. The third-order valence-electron chi connectivity index (χ3n) is 2.32. The first-order chi connectivity index (χ1) is 5.12. The van der Waals surface area contributed by atoms with Crippen LogP contribution in [0.3, 0.4) is 0 Å². The van der Waals surface area contributed by atoms with Gasteiger partial charge in [-0.15, -0.1) is 12.4 Å². The Bertz CT molecular complexity index is 122. The molecule has 0 aromatic carbocycles. The number of aliphatic hydroxyl groups is 1. The van der Waals surface area contributed by atoms with Gasteiger partial charge >= 0.3 is 0 Å². The minimum atomic E-state index is -0.362. The van der Waals surface area contributed by atoms with Gasteiger partial charge in [0, 0.05) is 0 Å². The summed E-state index contributed by atoms with van der Waals surface area (Å²) in [6.07, 6.45) is 2.80. The summed E-state index contributed by atoms with van der Waals surface area (Å²) in [6, 6.07) is 0. The molecular formula is C9H20ClNO. The van der Waals surface area contributed by atoms with E-state index in [9.17, 15) is 5.11 Å². The average Bonchev–Trinajstić information content (AvgIpc) is 1.85. The highest BCUT2D eigenvalue weighted by atomic mass is 35.5. The van der Waals surface area contributed by atoms with Crippen molar-refractivity contribution in [2.24, 2.45) is 5.92 Å². The van der Waals surface area contributed by atoms with E-state index in [1.165, 1.54) is 0 Å². The predicted octanol–water partition coefficient (Wildman–Crippen LogP) is 1.57. The smallest absolute Gasteiger partial charge is 0.0674 e. The zero-order valence-electron chi connectivity index (χ0n) is 7.97. The number of hydrogen-bond donors (Lipinski definition) is 2. The van der Waals surface area contributed by atoms with Crippen LogP contribution in [0, 0.1) is 5.92 Å². The van der Waals surface area contributed by atoms with Gasteiger partial charge in [-0.05, 0) is 38.3 Å². The van der Waals surface area contributed by atoms with Crippen molar-refractivity contribution < 1.29 is 5.11 Å². The van der Waals surface area contributed by atoms with Crippen LogP contribution in [0.5, 0.6) is 0 Å². The number of nitrogens with one attached hydrogen (secondary N) is 1. The van der Waals surface area contributed by atoms with E-state index in [0.29, 0.717) is 5.92 Å². The van der Waals surface area contributed by atoms with Crippen LogP contribution < -0.4 is 5.32 Å². The maximum Gasteiger partial charge on any atom is 0.0674 e. The third kappa shape index (κ3) is 3.74. The Balaban J connectivity index is 0.00000121. The lowest BCUT2D eigenvalue weighted by Gasteiger charge is -2.33. The molecule has 0 radical (unpaired) electrons. The van der Waals surface area contributed by atoms with Crippen LogP contribution in [-0.2, 0) is 0 Å². The van der Waals surface area contributed by atoms with Crippen LogP contribution >= 0.6 is 12.4 Å². The second-order valence-electron chi connectivity index (χ2n) is 4.07. The Morgan fingerprint density at radius 2 is 1.83 bits per heavy atom. The van der Waals surface area contributed by atoms with Crippen molar-refractivity contribution in [3.63, 3.8) is 0 Å². The molecule has 0 unspecified atom stereocenters. The largest absolute Gasteiger partial charge is 0.390 e. The molecule has 1 aliphatic rings. The lowest BCUT2D eigenvalue weighted by Crippen LogP contribution is -2.42. The van der Waals surface area contributed by atoms with E-state index in [4.69, 9.17) is 0 Å². The van der Waals surface area contributed by atoms with E-state index in [0.717, 1.165) is 32.4 Å². The summed E-state index contributed by atoms with van der Waals surface area (Å²) in [5.41, 5.74) is -0.362. The monoisotopic (exact) mass is 193 g/mol. The Morgan fingerprint density at radius 3 is 2.25 bits per heavy atom. The van der Waals surface area contributed by atoms with Gasteiger partial charge in [-0.25, -0.2) is 0 Å². The van der Waals surface area contributed by atoms with Crippen LogP contribution in [0.2, 0.25) is 0 Å². The molecule has 0 saturated carbocycles. The van der Waals surface area contributed by atoms with Crippen molar-refractivity contribution in [3.05, 3.63) is 0 Å². The highest BCUT2D eigenvalue weighted by molar-refractivity contribution is 5.85. The molecule has 74 valence electrons. The van der Waals surface area contributed by atoms with Crippen molar-refractivity contribution in [2.45, 2.75) is 38.7 Å². The van der Waals surface area contributed by atoms with E-state index >= 15 is 0 Å². The van der Waals surface area contributed by atoms with Crippen LogP contribution in [0.15, 0.2) is 0 Å². The Morgan fingerprint density at radius 1 is 1.33 bits per heavy atom. The second kappa shape index (κ2) is 5.05. The Labute approximate surface area is 81.2 Å². The molecule has 0 bridgehead atoms. The maximum absolute atomic E-state index is 10.0. The van der Waals surface area contributed by atoms with Crippen LogP contribution in [-0.4, -0.2) is 23.8 Å². The highest BCUT2D eigenvalue weighted by Crippen LogP contribution is 2.25. The number of halogens is 1. The molecule has 3 heteroatoms. The molecule has 1 fully saturated rings. The summed E-state index contributed by atoms with van der Waals surface area (Å²) in [6.45, 7) is 6.28. The third-order valence-corrected chi connectivity index (χ3v) is 2.32. The van der Waals surface area contributed by atoms with Crippen molar-refractivity contribution in [2.75, 3.05) is 13.1 Å². The minimum absolute atomic E-state index is 0. The standard InChI is InChI=1S/C9H19NO.ClH/c1-8(2)7-9(11)3-5-10-6-4-9;/h8,10-11H,3-7H2,1-2H3;1H. The Hall–Kier alpha value is 0.210. The molecule has 2 N–H and O–H groups in total. The molecule has 1 heterocycles. The van der Waals surface area contributed by atoms with Crippen molar-refractivity contribution >= 4 is 12.4 Å². The van der Waals surface area contributed by atoms with Crippen molar-refractivity contribution in [1.29, 1.82) is 0 Å². The van der Waals surface area contributed by atoms with E-state index in [1.807, 2.05) is 0 Å². The van der Waals surface area contributed by atoms with Crippen molar-refractivity contribution in [3.8, 4) is 0 Å². The summed E-state index contributed by atoms with van der Waals surface area (Å²) in [7, 11) is 0. The van der Waals surface area contributed by atoms with E-state index in [-0.39, 0.29) is 18.0 Å². The first-order valence-electron chi connectivity index (χ1n) is 4.55. The topological polar surface area (TPSA) is 32.3 Å². The fourth-order valence-corrected chi connectivity index (χ4v) is 1.86. The molecule has 0 aromatic heterocycles. The fraction of sp³-hybridized carbons (Fsp3) is 1.00. The number of piperidine rings is 1. The van der Waals surface area contributed by atoms with Gasteiger partial charge in [0.15, 0.2) is 0 Å². The molecule has 0 aliphatic carbocycles. The van der Waals surface area contributed by atoms with E-state index in [2.05, 4.69) is 19.2 Å². The van der Waals surface area contributed by atoms with Gasteiger partial charge in [0.2, 0.25) is 0 Å². The molecule has 1 saturated heterocycles. The predicted molar refractivity (Wildman–Crippen MR) is 53.8 cm³/mol. The average molecular weight is 194 g/mol. The molecule has 2 nitrogen and oxygen atoms in total. The first kappa shape index (κ1) is 12.2. The van der Waals surface area contributed by atoms with Gasteiger partial charge in [0.25, 0.3) is 0 Å². The SMILES string of the molecule is CC(C)CC1(O)CCNCC1.Cl. The molecule has 0 aromatic rings. The highest BCUT2D eigenvalue weighted by Gasteiger charge is 2.29. The Kier molecular flexibility index (Phi) is 5.14. The molecule has 1 rings (SSSR count). The zero-order chi connectivity index (χ0) is 8.32. The van der Waals surface area contributed by atoms with Gasteiger partial charge in [-0.1, -0.05) is 13.8 Å². The number of rotatable bonds is 2. The maximum atomic E-state index is 10.0. The van der Waals surface area contributed by atoms with Crippen LogP contribution in [0.25, 0.3) is 0 Å². The number of hydrogen-bond acceptors (Lipinski definition) is 2. The zero-order valence-corrected chi connectivity index (χ0v) is 8.78. The molecule has 0 amide bonds. The summed E-state index contributed by atoms with van der Waals surface area (Å²) < 4.78 is 0. The van der Waals surface area contributed by atoms with Gasteiger partial charge in [-0.3, -0.25) is 0 Å². The van der Waals surface area contributed by atoms with Gasteiger partial charge in [0.05, 0.1) is 5.60 Å². The normalized spacial score (nSPS) is 22.0. The molecular weight excluding hydrogens is 174 g/mol. The second-order valence-corrected chi connectivity index (χ2v) is 4.07. The summed E-state index contributed by atoms with van der Waals surface area (Å²) in [5, 5.41) is 13.3. The minimum Gasteiger partial charge on any atom is -0.390 e. The lowest BCUT2D eigenvalue weighted by molar-refractivity contribution is -0.00786. The fourth-order valence-electron chi connectivity index (χ4n) is 1.86. The molecule has 0 atom stereocenters. The van der Waals surface area contributed by atoms with Gasteiger partial charge in [-0.2, -0.15) is 0 Å². The summed E-state index contributed by atoms with van der Waals surface area (Å²) in [5.74, 6) is 0.609. The van der Waals surface area contributed by atoms with Gasteiger partial charge in [0.1, 0.15) is 0 Å². The van der Waals surface area contributed by atoms with Crippen molar-refractivity contribution in [1.82, 2.24) is 5.32 Å². The molecule has 0 spiro atoms. The van der Waals surface area contributed by atoms with Gasteiger partial charge < -0.3 is 10.4 Å². The molecule has 1 aliphatic heterocycles. The van der Waals surface area contributed by atoms with E-state index in [1.54, 1.807) is 0 Å². The van der Waals surface area contributed by atoms with Crippen LogP contribution in [0.4, 0.5) is 0 Å². The molecule has 12 heavy (non-hydrogen) atoms. The quantitative estimate of drug-likeness (QED) is 0.698. The first-order valence-corrected chi connectivity index (χ1v) is 4.55.